The number of benzene rings is 2. The van der Waals surface area contributed by atoms with Crippen LogP contribution in [0.4, 0.5) is 11.4 Å². The van der Waals surface area contributed by atoms with Gasteiger partial charge in [-0.3, -0.25) is 14.4 Å². The Kier molecular flexibility index (Phi) is 6.01. The molecular formula is C23H26N2O4. The molecule has 0 radical (unpaired) electrons. The summed E-state index contributed by atoms with van der Waals surface area (Å²) in [7, 11) is 0. The van der Waals surface area contributed by atoms with Gasteiger partial charge in [0, 0.05) is 24.3 Å². The SMILES string of the molecule is Cc1ccc(NC(=O)COC(=O)[C@@H]2CC(=O)N(c3ccc(C)cc3C)C2)c(C)c1. The van der Waals surface area contributed by atoms with Crippen molar-refractivity contribution in [3.63, 3.8) is 0 Å². The standard InChI is InChI=1S/C23H26N2O4/c1-14-5-7-19(16(3)9-14)24-21(26)13-29-23(28)18-11-22(27)25(12-18)20-8-6-15(2)10-17(20)4/h5-10,18H,11-13H2,1-4H3,(H,24,26)/t18-/m1/s1. The fourth-order valence-electron chi connectivity index (χ4n) is 3.60. The van der Waals surface area contributed by atoms with E-state index in [2.05, 4.69) is 5.32 Å². The van der Waals surface area contributed by atoms with E-state index in [4.69, 9.17) is 4.74 Å². The monoisotopic (exact) mass is 394 g/mol. The highest BCUT2D eigenvalue weighted by Crippen LogP contribution is 2.29. The average molecular weight is 394 g/mol. The molecule has 1 aliphatic rings. The van der Waals surface area contributed by atoms with Gasteiger partial charge in [0.2, 0.25) is 5.91 Å². The molecular weight excluding hydrogens is 368 g/mol. The van der Waals surface area contributed by atoms with Crippen molar-refractivity contribution in [2.75, 3.05) is 23.4 Å². The van der Waals surface area contributed by atoms with Crippen molar-refractivity contribution in [1.29, 1.82) is 0 Å². The molecule has 2 amide bonds. The summed E-state index contributed by atoms with van der Waals surface area (Å²) in [4.78, 5) is 38.6. The van der Waals surface area contributed by atoms with Gasteiger partial charge in [-0.15, -0.1) is 0 Å². The molecule has 2 aromatic rings. The maximum Gasteiger partial charge on any atom is 0.311 e. The Morgan fingerprint density at radius 3 is 2.34 bits per heavy atom. The summed E-state index contributed by atoms with van der Waals surface area (Å²) in [5, 5.41) is 2.75. The van der Waals surface area contributed by atoms with Gasteiger partial charge >= 0.3 is 5.97 Å². The molecule has 152 valence electrons. The van der Waals surface area contributed by atoms with Gasteiger partial charge in [0.25, 0.3) is 5.91 Å². The van der Waals surface area contributed by atoms with Crippen LogP contribution in [0.25, 0.3) is 0 Å². The van der Waals surface area contributed by atoms with E-state index in [0.717, 1.165) is 27.9 Å². The second kappa shape index (κ2) is 8.47. The second-order valence-corrected chi connectivity index (χ2v) is 7.67. The van der Waals surface area contributed by atoms with Gasteiger partial charge in [-0.25, -0.2) is 0 Å². The largest absolute Gasteiger partial charge is 0.455 e. The molecule has 0 saturated carbocycles. The van der Waals surface area contributed by atoms with E-state index in [1.54, 1.807) is 4.90 Å². The summed E-state index contributed by atoms with van der Waals surface area (Å²) in [6, 6.07) is 11.5. The summed E-state index contributed by atoms with van der Waals surface area (Å²) in [6.07, 6.45) is 0.0881. The van der Waals surface area contributed by atoms with Crippen molar-refractivity contribution in [2.24, 2.45) is 5.92 Å². The summed E-state index contributed by atoms with van der Waals surface area (Å²) < 4.78 is 5.18. The van der Waals surface area contributed by atoms with E-state index in [-0.39, 0.29) is 25.5 Å². The highest BCUT2D eigenvalue weighted by molar-refractivity contribution is 6.00. The van der Waals surface area contributed by atoms with Crippen molar-refractivity contribution in [3.05, 3.63) is 58.7 Å². The lowest BCUT2D eigenvalue weighted by Crippen LogP contribution is -2.28. The fraction of sp³-hybridized carbons (Fsp3) is 0.348. The lowest BCUT2D eigenvalue weighted by atomic mass is 10.1. The number of nitrogens with zero attached hydrogens (tertiary/aromatic N) is 1. The number of rotatable bonds is 5. The minimum Gasteiger partial charge on any atom is -0.455 e. The minimum absolute atomic E-state index is 0.0881. The third-order valence-electron chi connectivity index (χ3n) is 5.10. The number of amides is 2. The van der Waals surface area contributed by atoms with Crippen molar-refractivity contribution in [2.45, 2.75) is 34.1 Å². The third kappa shape index (κ3) is 4.83. The Hall–Kier alpha value is -3.15. The third-order valence-corrected chi connectivity index (χ3v) is 5.10. The van der Waals surface area contributed by atoms with Crippen LogP contribution in [-0.4, -0.2) is 30.9 Å². The van der Waals surface area contributed by atoms with Gasteiger partial charge in [0.1, 0.15) is 0 Å². The zero-order valence-corrected chi connectivity index (χ0v) is 17.2. The Balaban J connectivity index is 1.56. The van der Waals surface area contributed by atoms with E-state index in [1.807, 2.05) is 64.1 Å². The van der Waals surface area contributed by atoms with Gasteiger partial charge in [0.05, 0.1) is 5.92 Å². The van der Waals surface area contributed by atoms with Crippen LogP contribution in [0.2, 0.25) is 0 Å². The van der Waals surface area contributed by atoms with Crippen molar-refractivity contribution < 1.29 is 19.1 Å². The zero-order chi connectivity index (χ0) is 21.1. The first-order valence-electron chi connectivity index (χ1n) is 9.66. The molecule has 1 fully saturated rings. The summed E-state index contributed by atoms with van der Waals surface area (Å²) in [5.74, 6) is -1.61. The molecule has 0 unspecified atom stereocenters. The Bertz CT molecular complexity index is 967. The number of carbonyl (C=O) groups excluding carboxylic acids is 3. The molecule has 0 spiro atoms. The second-order valence-electron chi connectivity index (χ2n) is 7.67. The zero-order valence-electron chi connectivity index (χ0n) is 17.2. The molecule has 0 aromatic heterocycles. The molecule has 3 rings (SSSR count). The van der Waals surface area contributed by atoms with Gasteiger partial charge in [-0.1, -0.05) is 35.4 Å². The maximum atomic E-state index is 12.4. The van der Waals surface area contributed by atoms with E-state index in [0.29, 0.717) is 5.69 Å². The molecule has 6 heteroatoms. The number of anilines is 2. The van der Waals surface area contributed by atoms with Crippen LogP contribution >= 0.6 is 0 Å². The van der Waals surface area contributed by atoms with Crippen LogP contribution < -0.4 is 10.2 Å². The van der Waals surface area contributed by atoms with Crippen LogP contribution in [0, 0.1) is 33.6 Å². The summed E-state index contributed by atoms with van der Waals surface area (Å²) in [5.41, 5.74) is 5.64. The van der Waals surface area contributed by atoms with Crippen LogP contribution in [0.15, 0.2) is 36.4 Å². The predicted octanol–water partition coefficient (Wildman–Crippen LogP) is 3.46. The topological polar surface area (TPSA) is 75.7 Å². The smallest absolute Gasteiger partial charge is 0.311 e. The van der Waals surface area contributed by atoms with Gasteiger partial charge in [-0.2, -0.15) is 0 Å². The lowest BCUT2D eigenvalue weighted by molar-refractivity contribution is -0.151. The van der Waals surface area contributed by atoms with Gasteiger partial charge in [-0.05, 0) is 51.0 Å². The Morgan fingerprint density at radius 1 is 1.03 bits per heavy atom. The lowest BCUT2D eigenvalue weighted by Gasteiger charge is -2.19. The fourth-order valence-corrected chi connectivity index (χ4v) is 3.60. The normalized spacial score (nSPS) is 16.1. The first-order chi connectivity index (χ1) is 13.7. The molecule has 1 heterocycles. The molecule has 1 atom stereocenters. The number of hydrogen-bond acceptors (Lipinski definition) is 4. The van der Waals surface area contributed by atoms with E-state index in [1.165, 1.54) is 0 Å². The van der Waals surface area contributed by atoms with Crippen LogP contribution in [0.5, 0.6) is 0 Å². The van der Waals surface area contributed by atoms with Crippen LogP contribution in [0.1, 0.15) is 28.7 Å². The maximum absolute atomic E-state index is 12.4. The van der Waals surface area contributed by atoms with E-state index >= 15 is 0 Å². The number of nitrogens with one attached hydrogen (secondary N) is 1. The summed E-state index contributed by atoms with van der Waals surface area (Å²) >= 11 is 0. The number of carbonyl (C=O) groups is 3. The van der Waals surface area contributed by atoms with Crippen LogP contribution in [0.3, 0.4) is 0 Å². The summed E-state index contributed by atoms with van der Waals surface area (Å²) in [6.45, 7) is 7.70. The number of ether oxygens (including phenoxy) is 1. The van der Waals surface area contributed by atoms with Crippen molar-refractivity contribution >= 4 is 29.2 Å². The quantitative estimate of drug-likeness (QED) is 0.788. The molecule has 6 nitrogen and oxygen atoms in total. The molecule has 1 N–H and O–H groups in total. The van der Waals surface area contributed by atoms with E-state index in [9.17, 15) is 14.4 Å². The van der Waals surface area contributed by atoms with Gasteiger partial charge < -0.3 is 15.0 Å². The molecule has 1 saturated heterocycles. The minimum atomic E-state index is -0.572. The Morgan fingerprint density at radius 2 is 1.69 bits per heavy atom. The molecule has 0 bridgehead atoms. The highest BCUT2D eigenvalue weighted by atomic mass is 16.5. The van der Waals surface area contributed by atoms with Crippen molar-refractivity contribution in [3.8, 4) is 0 Å². The Labute approximate surface area is 170 Å². The first kappa shape index (κ1) is 20.6. The highest BCUT2D eigenvalue weighted by Gasteiger charge is 2.36. The average Bonchev–Trinajstić information content (AvgIpc) is 3.04. The molecule has 0 aliphatic carbocycles. The predicted molar refractivity (Wildman–Crippen MR) is 112 cm³/mol. The number of aryl methyl sites for hydroxylation is 4. The number of esters is 1. The molecule has 29 heavy (non-hydrogen) atoms. The van der Waals surface area contributed by atoms with E-state index < -0.39 is 17.8 Å². The molecule has 2 aromatic carbocycles. The van der Waals surface area contributed by atoms with Crippen molar-refractivity contribution in [1.82, 2.24) is 0 Å². The van der Waals surface area contributed by atoms with Crippen LogP contribution in [-0.2, 0) is 19.1 Å². The molecule has 1 aliphatic heterocycles. The first-order valence-corrected chi connectivity index (χ1v) is 9.66. The number of hydrogen-bond donors (Lipinski definition) is 1. The van der Waals surface area contributed by atoms with Gasteiger partial charge in [0.15, 0.2) is 6.61 Å².